The van der Waals surface area contributed by atoms with E-state index in [4.69, 9.17) is 33.8 Å². The Morgan fingerprint density at radius 1 is 1.02 bits per heavy atom. The summed E-state index contributed by atoms with van der Waals surface area (Å²) in [6, 6.07) is 16.4. The Bertz CT molecular complexity index is 1690. The van der Waals surface area contributed by atoms with Crippen LogP contribution in [0.4, 0.5) is 0 Å². The van der Waals surface area contributed by atoms with Crippen LogP contribution in [0.5, 0.6) is 28.7 Å². The number of esters is 1. The lowest BCUT2D eigenvalue weighted by atomic mass is 9.83. The first-order chi connectivity index (χ1) is 19.3. The van der Waals surface area contributed by atoms with Crippen LogP contribution in [-0.2, 0) is 6.42 Å². The summed E-state index contributed by atoms with van der Waals surface area (Å²) in [5.74, 6) is 0.690. The van der Waals surface area contributed by atoms with E-state index in [-0.39, 0.29) is 23.0 Å². The van der Waals surface area contributed by atoms with Gasteiger partial charge in [-0.05, 0) is 54.8 Å². The fourth-order valence-corrected chi connectivity index (χ4v) is 4.95. The maximum atomic E-state index is 13.1. The van der Waals surface area contributed by atoms with E-state index in [1.807, 2.05) is 25.1 Å². The number of furan rings is 1. The van der Waals surface area contributed by atoms with Gasteiger partial charge in [0.05, 0.1) is 27.2 Å². The zero-order chi connectivity index (χ0) is 28.6. The lowest BCUT2D eigenvalue weighted by Gasteiger charge is -2.27. The molecular formula is C31H28N2O7. The first-order valence-corrected chi connectivity index (χ1v) is 12.6. The molecule has 1 aliphatic rings. The minimum Gasteiger partial charge on any atom is -0.493 e. The highest BCUT2D eigenvalue weighted by Gasteiger charge is 2.33. The van der Waals surface area contributed by atoms with Crippen LogP contribution in [0.1, 0.15) is 45.7 Å². The number of ether oxygens (including phenoxy) is 5. The standard InChI is InChI=1S/C31H28N2O7/c1-6-17-7-10-23-21(11-17)16(2)28(39-23)31(34)38-19-8-9-20-24(14-19)40-30(33)22(15-32)27(20)18-12-25(35-3)29(37-5)26(13-18)36-4/h7-14,27H,6,33H2,1-5H3. The molecule has 0 saturated carbocycles. The molecule has 0 fully saturated rings. The largest absolute Gasteiger partial charge is 0.493 e. The van der Waals surface area contributed by atoms with Gasteiger partial charge in [-0.15, -0.1) is 0 Å². The van der Waals surface area contributed by atoms with Crippen LogP contribution >= 0.6 is 0 Å². The monoisotopic (exact) mass is 540 g/mol. The summed E-state index contributed by atoms with van der Waals surface area (Å²) in [7, 11) is 4.55. The highest BCUT2D eigenvalue weighted by Crippen LogP contribution is 2.47. The van der Waals surface area contributed by atoms with E-state index in [0.717, 1.165) is 17.4 Å². The van der Waals surface area contributed by atoms with Crippen molar-refractivity contribution in [2.24, 2.45) is 5.73 Å². The summed E-state index contributed by atoms with van der Waals surface area (Å²) in [6.45, 7) is 3.90. The summed E-state index contributed by atoms with van der Waals surface area (Å²) in [6.07, 6.45) is 0.873. The van der Waals surface area contributed by atoms with Crippen molar-refractivity contribution < 1.29 is 32.9 Å². The van der Waals surface area contributed by atoms with Crippen molar-refractivity contribution >= 4 is 16.9 Å². The van der Waals surface area contributed by atoms with Gasteiger partial charge < -0.3 is 33.8 Å². The maximum Gasteiger partial charge on any atom is 0.379 e. The third kappa shape index (κ3) is 4.43. The second kappa shape index (κ2) is 10.6. The molecule has 2 heterocycles. The number of hydrogen-bond acceptors (Lipinski definition) is 9. The van der Waals surface area contributed by atoms with Crippen molar-refractivity contribution in [2.45, 2.75) is 26.2 Å². The van der Waals surface area contributed by atoms with Gasteiger partial charge in [0.15, 0.2) is 11.5 Å². The van der Waals surface area contributed by atoms with Gasteiger partial charge in [-0.1, -0.05) is 19.1 Å². The van der Waals surface area contributed by atoms with Gasteiger partial charge in [-0.25, -0.2) is 4.79 Å². The van der Waals surface area contributed by atoms with E-state index in [9.17, 15) is 10.1 Å². The molecule has 1 aromatic heterocycles. The third-order valence-electron chi connectivity index (χ3n) is 7.02. The van der Waals surface area contributed by atoms with Crippen molar-refractivity contribution in [2.75, 3.05) is 21.3 Å². The number of aryl methyl sites for hydroxylation is 2. The Morgan fingerprint density at radius 3 is 2.38 bits per heavy atom. The molecule has 0 saturated heterocycles. The van der Waals surface area contributed by atoms with Crippen LogP contribution in [0.15, 0.2) is 64.4 Å². The molecule has 1 atom stereocenters. The van der Waals surface area contributed by atoms with Crippen molar-refractivity contribution in [3.63, 3.8) is 0 Å². The van der Waals surface area contributed by atoms with Gasteiger partial charge >= 0.3 is 5.97 Å². The molecule has 0 spiro atoms. The molecular weight excluding hydrogens is 512 g/mol. The number of methoxy groups -OCH3 is 3. The minimum atomic E-state index is -0.634. The SMILES string of the molecule is CCc1ccc2oc(C(=O)Oc3ccc4c(c3)OC(N)=C(C#N)C4c3cc(OC)c(OC)c(OC)c3)c(C)c2c1. The number of nitriles is 1. The molecule has 40 heavy (non-hydrogen) atoms. The Labute approximate surface area is 231 Å². The average molecular weight is 541 g/mol. The molecule has 0 amide bonds. The average Bonchev–Trinajstić information content (AvgIpc) is 3.30. The Kier molecular flexibility index (Phi) is 7.01. The van der Waals surface area contributed by atoms with Crippen LogP contribution in [0.2, 0.25) is 0 Å². The Hall–Kier alpha value is -5.10. The third-order valence-corrected chi connectivity index (χ3v) is 7.02. The molecule has 9 nitrogen and oxygen atoms in total. The predicted molar refractivity (Wildman–Crippen MR) is 147 cm³/mol. The molecule has 1 unspecified atom stereocenters. The van der Waals surface area contributed by atoms with Gasteiger partial charge in [-0.2, -0.15) is 5.26 Å². The highest BCUT2D eigenvalue weighted by atomic mass is 16.6. The van der Waals surface area contributed by atoms with E-state index >= 15 is 0 Å². The van der Waals surface area contributed by atoms with Gasteiger partial charge in [0.1, 0.15) is 28.7 Å². The van der Waals surface area contributed by atoms with E-state index in [0.29, 0.717) is 45.3 Å². The van der Waals surface area contributed by atoms with Crippen molar-refractivity contribution in [1.29, 1.82) is 5.26 Å². The van der Waals surface area contributed by atoms with Crippen molar-refractivity contribution in [3.05, 3.63) is 88.0 Å². The van der Waals surface area contributed by atoms with E-state index in [1.165, 1.54) is 21.3 Å². The normalized spacial score (nSPS) is 14.2. The first kappa shape index (κ1) is 26.5. The van der Waals surface area contributed by atoms with Crippen molar-refractivity contribution in [1.82, 2.24) is 0 Å². The number of allylic oxidation sites excluding steroid dienone is 1. The van der Waals surface area contributed by atoms with Crippen LogP contribution in [0, 0.1) is 18.3 Å². The molecule has 0 radical (unpaired) electrons. The molecule has 3 aromatic carbocycles. The quantitative estimate of drug-likeness (QED) is 0.230. The Morgan fingerprint density at radius 2 is 1.75 bits per heavy atom. The molecule has 0 bridgehead atoms. The van der Waals surface area contributed by atoms with Crippen LogP contribution in [0.3, 0.4) is 0 Å². The number of nitrogens with two attached hydrogens (primary N) is 1. The highest BCUT2D eigenvalue weighted by molar-refractivity contribution is 5.97. The fourth-order valence-electron chi connectivity index (χ4n) is 4.95. The summed E-state index contributed by atoms with van der Waals surface area (Å²) in [5.41, 5.74) is 10.2. The summed E-state index contributed by atoms with van der Waals surface area (Å²) in [4.78, 5) is 13.1. The summed E-state index contributed by atoms with van der Waals surface area (Å²) >= 11 is 0. The fraction of sp³-hybridized carbons (Fsp3) is 0.226. The molecule has 9 heteroatoms. The van der Waals surface area contributed by atoms with Gasteiger partial charge in [0, 0.05) is 22.6 Å². The number of carbonyl (C=O) groups is 1. The van der Waals surface area contributed by atoms with Gasteiger partial charge in [0.25, 0.3) is 0 Å². The van der Waals surface area contributed by atoms with E-state index in [2.05, 4.69) is 13.0 Å². The molecule has 2 N–H and O–H groups in total. The second-order valence-corrected chi connectivity index (χ2v) is 9.21. The molecule has 4 aromatic rings. The lowest BCUT2D eigenvalue weighted by Crippen LogP contribution is -2.21. The lowest BCUT2D eigenvalue weighted by molar-refractivity contribution is 0.0702. The Balaban J connectivity index is 1.52. The smallest absolute Gasteiger partial charge is 0.379 e. The molecule has 204 valence electrons. The molecule has 0 aliphatic carbocycles. The number of rotatable bonds is 7. The topological polar surface area (TPSA) is 126 Å². The van der Waals surface area contributed by atoms with Gasteiger partial charge in [-0.3, -0.25) is 0 Å². The number of benzene rings is 3. The zero-order valence-electron chi connectivity index (χ0n) is 22.8. The van der Waals surface area contributed by atoms with Gasteiger partial charge in [0.2, 0.25) is 17.4 Å². The number of nitrogens with zero attached hydrogens (tertiary/aromatic N) is 1. The van der Waals surface area contributed by atoms with E-state index < -0.39 is 11.9 Å². The number of carbonyl (C=O) groups excluding carboxylic acids is 1. The minimum absolute atomic E-state index is 0.0583. The number of hydrogen-bond donors (Lipinski definition) is 1. The van der Waals surface area contributed by atoms with Crippen LogP contribution < -0.4 is 29.4 Å². The summed E-state index contributed by atoms with van der Waals surface area (Å²) in [5, 5.41) is 10.8. The van der Waals surface area contributed by atoms with Crippen LogP contribution in [-0.4, -0.2) is 27.3 Å². The van der Waals surface area contributed by atoms with Crippen LogP contribution in [0.25, 0.3) is 11.0 Å². The molecule has 5 rings (SSSR count). The zero-order valence-corrected chi connectivity index (χ0v) is 22.8. The number of fused-ring (bicyclic) bond motifs is 2. The maximum absolute atomic E-state index is 13.1. The predicted octanol–water partition coefficient (Wildman–Crippen LogP) is 5.77. The van der Waals surface area contributed by atoms with Crippen molar-refractivity contribution in [3.8, 4) is 34.8 Å². The summed E-state index contributed by atoms with van der Waals surface area (Å²) < 4.78 is 33.8. The molecule has 1 aliphatic heterocycles. The second-order valence-electron chi connectivity index (χ2n) is 9.21. The first-order valence-electron chi connectivity index (χ1n) is 12.6. The van der Waals surface area contributed by atoms with E-state index in [1.54, 1.807) is 30.3 Å².